The van der Waals surface area contributed by atoms with Crippen molar-refractivity contribution in [3.8, 4) is 55.6 Å². The fourth-order valence-corrected chi connectivity index (χ4v) is 13.1. The molecule has 0 amide bonds. The molecule has 1 spiro atoms. The van der Waals surface area contributed by atoms with Gasteiger partial charge in [0, 0.05) is 5.41 Å². The molecule has 0 heteroatoms. The smallest absolute Gasteiger partial charge is 0.0725 e. The van der Waals surface area contributed by atoms with E-state index in [0.717, 1.165) is 0 Å². The molecule has 0 fully saturated rings. The minimum absolute atomic E-state index is 0.260. The highest BCUT2D eigenvalue weighted by Crippen LogP contribution is 2.63. The second-order valence-corrected chi connectivity index (χ2v) is 19.9. The summed E-state index contributed by atoms with van der Waals surface area (Å²) in [5, 5.41) is 10.1. The standard InChI is InChI=1S/C69H48/c1-5-17-60-50(6-2)51-22-13-15-26-61(51)69(60)62-27-16-14-23-52(62)53-34-32-47(39-65(53)69)46-33-35-54-57-40-58-59(41-64(57)68(3,4)63(54)38-46)67(49-31-29-43-19-8-10-21-45(43)37-49)56-25-12-11-24-55(56)66(58)48-30-28-42-18-7-9-20-44(42)36-48/h5-41H,2H2,1,3-4H3/b17-5-. The van der Waals surface area contributed by atoms with Crippen molar-refractivity contribution in [2.24, 2.45) is 0 Å². The largest absolute Gasteiger partial charge is 0.0984 e. The first kappa shape index (κ1) is 39.8. The first-order chi connectivity index (χ1) is 33.9. The Morgan fingerprint density at radius 3 is 1.43 bits per heavy atom. The Balaban J connectivity index is 0.994. The number of allylic oxidation sites excluding steroid dienone is 5. The Bertz CT molecular complexity index is 4130. The van der Waals surface area contributed by atoms with Crippen LogP contribution in [0.5, 0.6) is 0 Å². The van der Waals surface area contributed by atoms with Crippen LogP contribution in [-0.2, 0) is 10.8 Å². The summed E-state index contributed by atoms with van der Waals surface area (Å²) >= 11 is 0. The van der Waals surface area contributed by atoms with Gasteiger partial charge in [-0.05, 0) is 187 Å². The second-order valence-electron chi connectivity index (χ2n) is 19.9. The van der Waals surface area contributed by atoms with Crippen molar-refractivity contribution in [3.63, 3.8) is 0 Å². The summed E-state index contributed by atoms with van der Waals surface area (Å²) in [7, 11) is 0. The van der Waals surface area contributed by atoms with Gasteiger partial charge in [-0.2, -0.15) is 0 Å². The quantitative estimate of drug-likeness (QED) is 0.151. The third kappa shape index (κ3) is 5.40. The molecule has 1 atom stereocenters. The first-order valence-corrected chi connectivity index (χ1v) is 24.4. The lowest BCUT2D eigenvalue weighted by Gasteiger charge is -2.32. The molecule has 3 aliphatic carbocycles. The molecule has 11 aromatic rings. The van der Waals surface area contributed by atoms with E-state index >= 15 is 0 Å². The van der Waals surface area contributed by atoms with Gasteiger partial charge in [-0.15, -0.1) is 0 Å². The number of hydrogen-bond acceptors (Lipinski definition) is 0. The lowest BCUT2D eigenvalue weighted by atomic mass is 9.69. The molecule has 0 aromatic heterocycles. The van der Waals surface area contributed by atoms with Crippen LogP contribution in [-0.4, -0.2) is 0 Å². The Hall–Kier alpha value is -8.32. The van der Waals surface area contributed by atoms with Crippen molar-refractivity contribution in [2.75, 3.05) is 0 Å². The minimum Gasteiger partial charge on any atom is -0.0984 e. The molecule has 0 N–H and O–H groups in total. The highest BCUT2D eigenvalue weighted by molar-refractivity contribution is 6.23. The molecule has 14 rings (SSSR count). The first-order valence-electron chi connectivity index (χ1n) is 24.4. The van der Waals surface area contributed by atoms with Gasteiger partial charge in [0.1, 0.15) is 0 Å². The van der Waals surface area contributed by atoms with Crippen LogP contribution < -0.4 is 0 Å². The van der Waals surface area contributed by atoms with Crippen LogP contribution in [0.3, 0.4) is 0 Å². The van der Waals surface area contributed by atoms with Crippen molar-refractivity contribution >= 4 is 48.7 Å². The molecule has 0 saturated heterocycles. The molecule has 0 aliphatic heterocycles. The van der Waals surface area contributed by atoms with Crippen molar-refractivity contribution < 1.29 is 0 Å². The van der Waals surface area contributed by atoms with E-state index in [0.29, 0.717) is 0 Å². The molecule has 0 bridgehead atoms. The Kier molecular flexibility index (Phi) is 8.42. The van der Waals surface area contributed by atoms with Crippen molar-refractivity contribution in [1.29, 1.82) is 0 Å². The lowest BCUT2D eigenvalue weighted by Crippen LogP contribution is -2.26. The van der Waals surface area contributed by atoms with Crippen LogP contribution in [0.25, 0.3) is 104 Å². The number of benzene rings is 11. The van der Waals surface area contributed by atoms with E-state index in [1.165, 1.54) is 143 Å². The highest BCUT2D eigenvalue weighted by atomic mass is 14.5. The van der Waals surface area contributed by atoms with Gasteiger partial charge < -0.3 is 0 Å². The Morgan fingerprint density at radius 1 is 0.362 bits per heavy atom. The molecule has 3 aliphatic rings. The van der Waals surface area contributed by atoms with Gasteiger partial charge in [0.05, 0.1) is 5.41 Å². The number of fused-ring (bicyclic) bond motifs is 14. The topological polar surface area (TPSA) is 0 Å². The summed E-state index contributed by atoms with van der Waals surface area (Å²) in [5.41, 5.74) is 22.5. The van der Waals surface area contributed by atoms with Crippen molar-refractivity contribution in [3.05, 3.63) is 270 Å². The van der Waals surface area contributed by atoms with E-state index in [-0.39, 0.29) is 5.41 Å². The summed E-state index contributed by atoms with van der Waals surface area (Å²) in [6.07, 6.45) is 6.59. The third-order valence-corrected chi connectivity index (χ3v) is 16.1. The Labute approximate surface area is 403 Å². The van der Waals surface area contributed by atoms with Gasteiger partial charge in [-0.1, -0.05) is 209 Å². The number of rotatable bonds is 5. The Morgan fingerprint density at radius 2 is 0.826 bits per heavy atom. The zero-order chi connectivity index (χ0) is 46.2. The predicted molar refractivity (Wildman–Crippen MR) is 294 cm³/mol. The van der Waals surface area contributed by atoms with Gasteiger partial charge in [-0.3, -0.25) is 0 Å². The predicted octanol–water partition coefficient (Wildman–Crippen LogP) is 18.5. The molecule has 1 unspecified atom stereocenters. The molecule has 69 heavy (non-hydrogen) atoms. The molecule has 0 radical (unpaired) electrons. The monoisotopic (exact) mass is 876 g/mol. The van der Waals surface area contributed by atoms with E-state index in [9.17, 15) is 0 Å². The molecule has 0 nitrogen and oxygen atoms in total. The summed E-state index contributed by atoms with van der Waals surface area (Å²) in [4.78, 5) is 0. The molecular weight excluding hydrogens is 829 g/mol. The van der Waals surface area contributed by atoms with E-state index in [4.69, 9.17) is 0 Å². The minimum atomic E-state index is -0.448. The fourth-order valence-electron chi connectivity index (χ4n) is 13.1. The summed E-state index contributed by atoms with van der Waals surface area (Å²) < 4.78 is 0. The van der Waals surface area contributed by atoms with Crippen molar-refractivity contribution in [2.45, 2.75) is 31.6 Å². The molecule has 324 valence electrons. The second kappa shape index (κ2) is 14.6. The number of hydrogen-bond donors (Lipinski definition) is 0. The van der Waals surface area contributed by atoms with Crippen LogP contribution in [0.15, 0.2) is 237 Å². The average Bonchev–Trinajstić information content (AvgIpc) is 3.93. The summed E-state index contributed by atoms with van der Waals surface area (Å²) in [6, 6.07) is 78.2. The maximum atomic E-state index is 4.37. The van der Waals surface area contributed by atoms with E-state index in [1.807, 2.05) is 0 Å². The maximum absolute atomic E-state index is 4.37. The van der Waals surface area contributed by atoms with Crippen LogP contribution in [0.1, 0.15) is 54.2 Å². The van der Waals surface area contributed by atoms with Gasteiger partial charge in [0.25, 0.3) is 0 Å². The zero-order valence-electron chi connectivity index (χ0n) is 39.1. The fraction of sp³-hybridized carbons (Fsp3) is 0.0725. The van der Waals surface area contributed by atoms with Crippen LogP contribution in [0.2, 0.25) is 0 Å². The highest BCUT2D eigenvalue weighted by Gasteiger charge is 2.52. The van der Waals surface area contributed by atoms with Gasteiger partial charge in [-0.25, -0.2) is 0 Å². The third-order valence-electron chi connectivity index (χ3n) is 16.1. The van der Waals surface area contributed by atoms with Crippen molar-refractivity contribution in [1.82, 2.24) is 0 Å². The van der Waals surface area contributed by atoms with E-state index in [2.05, 4.69) is 252 Å². The summed E-state index contributed by atoms with van der Waals surface area (Å²) in [5.74, 6) is 0. The average molecular weight is 877 g/mol. The van der Waals surface area contributed by atoms with Gasteiger partial charge in [0.15, 0.2) is 0 Å². The molecule has 0 heterocycles. The zero-order valence-corrected chi connectivity index (χ0v) is 39.1. The SMILES string of the molecule is C=CC1=C(/C=C\C)C2(c3ccccc31)c1ccccc1-c1ccc(-c3ccc4c(c3)C(C)(C)c3cc5c(-c6ccc7ccccc7c6)c6ccccc6c(-c6ccc7ccccc7c6)c5cc3-4)cc12. The van der Waals surface area contributed by atoms with Gasteiger partial charge in [0.2, 0.25) is 0 Å². The van der Waals surface area contributed by atoms with Crippen LogP contribution >= 0.6 is 0 Å². The van der Waals surface area contributed by atoms with Crippen LogP contribution in [0, 0.1) is 0 Å². The molecule has 0 saturated carbocycles. The van der Waals surface area contributed by atoms with Crippen LogP contribution in [0.4, 0.5) is 0 Å². The molecule has 11 aromatic carbocycles. The normalized spacial score (nSPS) is 16.2. The molecular formula is C69H48. The van der Waals surface area contributed by atoms with E-state index in [1.54, 1.807) is 0 Å². The van der Waals surface area contributed by atoms with E-state index < -0.39 is 5.41 Å². The van der Waals surface area contributed by atoms with Gasteiger partial charge >= 0.3 is 0 Å². The maximum Gasteiger partial charge on any atom is 0.0725 e. The summed E-state index contributed by atoms with van der Waals surface area (Å²) in [6.45, 7) is 11.4. The lowest BCUT2D eigenvalue weighted by molar-refractivity contribution is 0.661.